The van der Waals surface area contributed by atoms with E-state index in [0.717, 1.165) is 10.2 Å². The Hall–Kier alpha value is -0.500. The fraction of sp³-hybridized carbons (Fsp3) is 0.400. The van der Waals surface area contributed by atoms with Gasteiger partial charge in [0, 0.05) is 10.2 Å². The molecule has 0 N–H and O–H groups in total. The smallest absolute Gasteiger partial charge is 0.359 e. The largest absolute Gasteiger partial charge is 0.430 e. The third kappa shape index (κ3) is 2.27. The Morgan fingerprint density at radius 1 is 1.75 bits per heavy atom. The van der Waals surface area contributed by atoms with Crippen LogP contribution in [0.15, 0.2) is 24.1 Å². The van der Waals surface area contributed by atoms with Gasteiger partial charge < -0.3 is 4.74 Å². The van der Waals surface area contributed by atoms with Crippen molar-refractivity contribution >= 4 is 46.2 Å². The molecule has 0 aliphatic carbocycles. The molecule has 1 amide bonds. The van der Waals surface area contributed by atoms with Crippen molar-refractivity contribution in [1.29, 1.82) is 0 Å². The summed E-state index contributed by atoms with van der Waals surface area (Å²) in [6.45, 7) is 0. The van der Waals surface area contributed by atoms with E-state index >= 15 is 0 Å². The maximum Gasteiger partial charge on any atom is 0.359 e. The summed E-state index contributed by atoms with van der Waals surface area (Å²) < 4.78 is 5.71. The molecule has 0 bridgehead atoms. The van der Waals surface area contributed by atoms with Crippen molar-refractivity contribution in [2.45, 2.75) is 11.8 Å². The molecule has 2 heterocycles. The fourth-order valence-electron chi connectivity index (χ4n) is 1.53. The van der Waals surface area contributed by atoms with Gasteiger partial charge in [-0.15, -0.1) is 11.8 Å². The van der Waals surface area contributed by atoms with Gasteiger partial charge in [0.1, 0.15) is 5.70 Å². The number of ether oxygens (including phenoxy) is 1. The average Bonchev–Trinajstić information content (AvgIpc) is 2.27. The zero-order chi connectivity index (χ0) is 11.5. The first-order chi connectivity index (χ1) is 7.74. The lowest BCUT2D eigenvalue weighted by molar-refractivity contribution is -0.146. The summed E-state index contributed by atoms with van der Waals surface area (Å²) in [4.78, 5) is 24.5. The van der Waals surface area contributed by atoms with E-state index in [4.69, 9.17) is 4.74 Å². The van der Waals surface area contributed by atoms with Crippen molar-refractivity contribution in [3.05, 3.63) is 24.1 Å². The highest BCUT2D eigenvalue weighted by Gasteiger charge is 2.43. The van der Waals surface area contributed by atoms with Gasteiger partial charge in [-0.2, -0.15) is 0 Å². The minimum atomic E-state index is -0.445. The molecule has 1 saturated heterocycles. The first-order valence-electron chi connectivity index (χ1n) is 4.80. The third-order valence-electron chi connectivity index (χ3n) is 2.30. The number of nitrogens with zero attached hydrogens (tertiary/aromatic N) is 1. The zero-order valence-corrected chi connectivity index (χ0v) is 11.4. The normalized spacial score (nSPS) is 23.8. The lowest BCUT2D eigenvalue weighted by Gasteiger charge is -2.42. The fourth-order valence-corrected chi connectivity index (χ4v) is 2.86. The second-order valence-corrected chi connectivity index (χ2v) is 5.37. The number of amides is 1. The molecule has 0 aromatic heterocycles. The number of rotatable bonds is 3. The van der Waals surface area contributed by atoms with Crippen LogP contribution in [0.25, 0.3) is 0 Å². The van der Waals surface area contributed by atoms with Crippen molar-refractivity contribution in [1.82, 2.24) is 4.90 Å². The van der Waals surface area contributed by atoms with E-state index in [1.165, 1.54) is 11.2 Å². The molecule has 0 aromatic carbocycles. The minimum absolute atomic E-state index is 0.00160. The number of hydrogen-bond acceptors (Lipinski definition) is 4. The van der Waals surface area contributed by atoms with Crippen molar-refractivity contribution < 1.29 is 14.3 Å². The number of carbonyl (C=O) groups is 2. The molecule has 2 aliphatic heterocycles. The van der Waals surface area contributed by atoms with Gasteiger partial charge in [0.2, 0.25) is 5.91 Å². The maximum atomic E-state index is 11.7. The number of halogens is 1. The summed E-state index contributed by atoms with van der Waals surface area (Å²) in [5.41, 5.74) is 0.387. The van der Waals surface area contributed by atoms with Crippen molar-refractivity contribution in [3.63, 3.8) is 0 Å². The van der Waals surface area contributed by atoms with Gasteiger partial charge in [-0.05, 0) is 12.2 Å². The summed E-state index contributed by atoms with van der Waals surface area (Å²) in [5.74, 6) is 0.312. The van der Waals surface area contributed by atoms with E-state index in [9.17, 15) is 9.59 Å². The number of hydrogen-bond donors (Lipinski definition) is 0. The van der Waals surface area contributed by atoms with Crippen LogP contribution in [0.1, 0.15) is 6.42 Å². The Balaban J connectivity index is 2.02. The quantitative estimate of drug-likeness (QED) is 0.255. The predicted octanol–water partition coefficient (Wildman–Crippen LogP) is 1.67. The Bertz CT molecular complexity index is 380. The lowest BCUT2D eigenvalue weighted by atomic mass is 10.1. The number of alkyl halides is 1. The molecule has 1 atom stereocenters. The van der Waals surface area contributed by atoms with Crippen LogP contribution in [0.4, 0.5) is 0 Å². The summed E-state index contributed by atoms with van der Waals surface area (Å²) >= 11 is 3.82. The van der Waals surface area contributed by atoms with Crippen LogP contribution in [0.5, 0.6) is 0 Å². The maximum absolute atomic E-state index is 11.7. The van der Waals surface area contributed by atoms with E-state index in [0.29, 0.717) is 12.1 Å². The van der Waals surface area contributed by atoms with Gasteiger partial charge in [0.15, 0.2) is 0 Å². The molecule has 86 valence electrons. The van der Waals surface area contributed by atoms with Crippen LogP contribution in [0.2, 0.25) is 0 Å². The number of thioether (sulfide) groups is 1. The molecular weight excluding hydrogens is 341 g/mol. The number of esters is 1. The van der Waals surface area contributed by atoms with Crippen molar-refractivity contribution in [3.8, 4) is 0 Å². The predicted molar refractivity (Wildman–Crippen MR) is 69.9 cm³/mol. The lowest BCUT2D eigenvalue weighted by Crippen LogP contribution is -2.53. The second-order valence-electron chi connectivity index (χ2n) is 3.28. The molecular formula is C10H10INO3S. The van der Waals surface area contributed by atoms with Gasteiger partial charge in [-0.1, -0.05) is 22.6 Å². The summed E-state index contributed by atoms with van der Waals surface area (Å²) in [7, 11) is 0. The molecule has 4 nitrogen and oxygen atoms in total. The number of β-lactam (4-membered cyclic amide) rings is 1. The summed E-state index contributed by atoms with van der Waals surface area (Å²) in [6.07, 6.45) is 5.39. The van der Waals surface area contributed by atoms with E-state index in [2.05, 4.69) is 22.6 Å². The van der Waals surface area contributed by atoms with Gasteiger partial charge in [0.25, 0.3) is 0 Å². The molecule has 0 spiro atoms. The highest BCUT2D eigenvalue weighted by molar-refractivity contribution is 14.1. The van der Waals surface area contributed by atoms with Crippen molar-refractivity contribution in [2.24, 2.45) is 0 Å². The van der Waals surface area contributed by atoms with Crippen LogP contribution in [-0.2, 0) is 14.3 Å². The van der Waals surface area contributed by atoms with E-state index in [1.807, 2.05) is 0 Å². The van der Waals surface area contributed by atoms with Crippen LogP contribution in [0.3, 0.4) is 0 Å². The minimum Gasteiger partial charge on any atom is -0.430 e. The van der Waals surface area contributed by atoms with Crippen LogP contribution >= 0.6 is 34.4 Å². The molecule has 0 aromatic rings. The van der Waals surface area contributed by atoms with E-state index < -0.39 is 5.97 Å². The summed E-state index contributed by atoms with van der Waals surface area (Å²) in [6, 6.07) is 0. The molecule has 16 heavy (non-hydrogen) atoms. The Morgan fingerprint density at radius 3 is 3.25 bits per heavy atom. The molecule has 0 radical (unpaired) electrons. The molecule has 6 heteroatoms. The second kappa shape index (κ2) is 5.22. The standard InChI is InChI=1S/C10H10INO3S/c11-3-1-4-15-10(14)7-2-5-16-9-6-8(13)12(7)9/h1-2,4,9H,3,5-6H2/t9-/m1/s1. The Labute approximate surface area is 111 Å². The van der Waals surface area contributed by atoms with Crippen LogP contribution < -0.4 is 0 Å². The molecule has 2 rings (SSSR count). The van der Waals surface area contributed by atoms with Crippen molar-refractivity contribution in [2.75, 3.05) is 10.2 Å². The molecule has 2 aliphatic rings. The first-order valence-corrected chi connectivity index (χ1v) is 7.37. The summed E-state index contributed by atoms with van der Waals surface area (Å²) in [5, 5.41) is 0.133. The first kappa shape index (κ1) is 12.0. The van der Waals surface area contributed by atoms with E-state index in [1.54, 1.807) is 23.9 Å². The third-order valence-corrected chi connectivity index (χ3v) is 3.93. The number of fused-ring (bicyclic) bond motifs is 1. The zero-order valence-electron chi connectivity index (χ0n) is 8.39. The van der Waals surface area contributed by atoms with Crippen LogP contribution in [-0.4, -0.2) is 32.3 Å². The SMILES string of the molecule is O=C(OC=CCI)C1=CCS[C@@H]2CC(=O)N12. The highest BCUT2D eigenvalue weighted by atomic mass is 127. The van der Waals surface area contributed by atoms with Gasteiger partial charge in [0.05, 0.1) is 18.1 Å². The number of allylic oxidation sites excluding steroid dienone is 1. The van der Waals surface area contributed by atoms with Gasteiger partial charge >= 0.3 is 5.97 Å². The van der Waals surface area contributed by atoms with Gasteiger partial charge in [-0.25, -0.2) is 4.79 Å². The van der Waals surface area contributed by atoms with E-state index in [-0.39, 0.29) is 11.3 Å². The Morgan fingerprint density at radius 2 is 2.56 bits per heavy atom. The molecule has 1 fully saturated rings. The van der Waals surface area contributed by atoms with Crippen LogP contribution in [0, 0.1) is 0 Å². The molecule has 0 unspecified atom stereocenters. The topological polar surface area (TPSA) is 46.6 Å². The highest BCUT2D eigenvalue weighted by Crippen LogP contribution is 2.37. The van der Waals surface area contributed by atoms with Gasteiger partial charge in [-0.3, -0.25) is 9.69 Å². The Kier molecular flexibility index (Phi) is 3.91. The molecule has 0 saturated carbocycles. The monoisotopic (exact) mass is 351 g/mol. The average molecular weight is 351 g/mol. The number of carbonyl (C=O) groups excluding carboxylic acids is 2.